The van der Waals surface area contributed by atoms with E-state index in [9.17, 15) is 9.59 Å². The minimum Gasteiger partial charge on any atom is -0.353 e. The molecule has 1 aromatic heterocycles. The second-order valence-corrected chi connectivity index (χ2v) is 9.48. The Labute approximate surface area is 185 Å². The van der Waals surface area contributed by atoms with Crippen LogP contribution in [0.1, 0.15) is 67.3 Å². The number of carbonyl (C=O) groups is 2. The van der Waals surface area contributed by atoms with Crippen LogP contribution in [-0.2, 0) is 17.6 Å². The van der Waals surface area contributed by atoms with Crippen molar-refractivity contribution >= 4 is 11.8 Å². The number of aryl methyl sites for hydroxylation is 1. The number of rotatable bonds is 5. The molecule has 31 heavy (non-hydrogen) atoms. The Morgan fingerprint density at radius 2 is 1.74 bits per heavy atom. The molecular formula is C25H34N4O2. The van der Waals surface area contributed by atoms with Crippen molar-refractivity contribution in [1.82, 2.24) is 20.0 Å². The second-order valence-electron chi connectivity index (χ2n) is 9.48. The Kier molecular flexibility index (Phi) is 6.17. The van der Waals surface area contributed by atoms with E-state index in [0.717, 1.165) is 30.5 Å². The Bertz CT molecular complexity index is 953. The number of amides is 2. The molecule has 0 bridgehead atoms. The molecule has 1 aliphatic carbocycles. The smallest absolute Gasteiger partial charge is 0.274 e. The summed E-state index contributed by atoms with van der Waals surface area (Å²) in [6, 6.07) is 8.46. The van der Waals surface area contributed by atoms with Crippen molar-refractivity contribution in [3.8, 4) is 5.69 Å². The van der Waals surface area contributed by atoms with Crippen LogP contribution in [0.2, 0.25) is 0 Å². The first kappa shape index (κ1) is 21.6. The van der Waals surface area contributed by atoms with E-state index < -0.39 is 0 Å². The van der Waals surface area contributed by atoms with Crippen LogP contribution < -0.4 is 5.32 Å². The van der Waals surface area contributed by atoms with Gasteiger partial charge in [-0.3, -0.25) is 9.59 Å². The van der Waals surface area contributed by atoms with Crippen molar-refractivity contribution < 1.29 is 9.59 Å². The van der Waals surface area contributed by atoms with Crippen molar-refractivity contribution in [2.75, 3.05) is 13.1 Å². The number of likely N-dealkylation sites (tertiary alicyclic amines) is 1. The first-order valence-corrected chi connectivity index (χ1v) is 11.6. The van der Waals surface area contributed by atoms with E-state index in [-0.39, 0.29) is 23.8 Å². The van der Waals surface area contributed by atoms with Crippen LogP contribution in [0.4, 0.5) is 0 Å². The third-order valence-corrected chi connectivity index (χ3v) is 6.93. The maximum atomic E-state index is 13.4. The molecular weight excluding hydrogens is 388 g/mol. The van der Waals surface area contributed by atoms with Gasteiger partial charge in [-0.05, 0) is 64.0 Å². The van der Waals surface area contributed by atoms with Gasteiger partial charge < -0.3 is 10.2 Å². The van der Waals surface area contributed by atoms with E-state index in [1.807, 2.05) is 16.5 Å². The molecule has 1 saturated heterocycles. The fraction of sp³-hybridized carbons (Fsp3) is 0.560. The number of fused-ring (bicyclic) bond motifs is 1. The van der Waals surface area contributed by atoms with Crippen molar-refractivity contribution in [3.63, 3.8) is 0 Å². The molecule has 166 valence electrons. The number of aromatic nitrogens is 2. The lowest BCUT2D eigenvalue weighted by molar-refractivity contribution is -0.127. The first-order valence-electron chi connectivity index (χ1n) is 11.6. The van der Waals surface area contributed by atoms with Gasteiger partial charge in [0.2, 0.25) is 5.91 Å². The summed E-state index contributed by atoms with van der Waals surface area (Å²) in [6.07, 6.45) is 4.36. The fourth-order valence-corrected chi connectivity index (χ4v) is 4.51. The van der Waals surface area contributed by atoms with E-state index in [4.69, 9.17) is 5.10 Å². The van der Waals surface area contributed by atoms with Crippen LogP contribution in [0.25, 0.3) is 5.69 Å². The summed E-state index contributed by atoms with van der Waals surface area (Å²) in [5, 5.41) is 7.89. The van der Waals surface area contributed by atoms with E-state index in [2.05, 4.69) is 50.4 Å². The molecule has 2 amide bonds. The second kappa shape index (κ2) is 8.85. The monoisotopic (exact) mass is 422 g/mol. The zero-order valence-corrected chi connectivity index (χ0v) is 19.1. The third-order valence-electron chi connectivity index (χ3n) is 6.93. The quantitative estimate of drug-likeness (QED) is 0.799. The summed E-state index contributed by atoms with van der Waals surface area (Å²) < 4.78 is 1.96. The van der Waals surface area contributed by atoms with Gasteiger partial charge in [0.25, 0.3) is 5.91 Å². The van der Waals surface area contributed by atoms with Gasteiger partial charge in [-0.15, -0.1) is 0 Å². The van der Waals surface area contributed by atoms with Gasteiger partial charge in [0.05, 0.1) is 5.69 Å². The highest BCUT2D eigenvalue weighted by molar-refractivity contribution is 5.94. The normalized spacial score (nSPS) is 17.6. The summed E-state index contributed by atoms with van der Waals surface area (Å²) in [5.41, 5.74) is 5.10. The number of carbonyl (C=O) groups excluding carboxylic acids is 2. The Hall–Kier alpha value is -2.63. The molecule has 2 aromatic rings. The number of hydrogen-bond donors (Lipinski definition) is 1. The van der Waals surface area contributed by atoms with Crippen LogP contribution in [0.5, 0.6) is 0 Å². The summed E-state index contributed by atoms with van der Waals surface area (Å²) >= 11 is 0. The fourth-order valence-electron chi connectivity index (χ4n) is 4.51. The van der Waals surface area contributed by atoms with E-state index >= 15 is 0 Å². The van der Waals surface area contributed by atoms with E-state index in [0.29, 0.717) is 37.5 Å². The lowest BCUT2D eigenvalue weighted by Gasteiger charge is -2.32. The Morgan fingerprint density at radius 3 is 2.39 bits per heavy atom. The van der Waals surface area contributed by atoms with Gasteiger partial charge in [0.1, 0.15) is 0 Å². The maximum absolute atomic E-state index is 13.4. The molecule has 1 fully saturated rings. The highest BCUT2D eigenvalue weighted by Gasteiger charge is 2.33. The lowest BCUT2D eigenvalue weighted by atomic mass is 9.94. The SMILES string of the molecule is Cc1ccc(-n2nc(C(=O)N3CCC(C(=O)NC(C)C(C)C)CC3)c3c2CCC3)cc1. The minimum atomic E-state index is -0.0129. The molecule has 4 rings (SSSR count). The number of nitrogens with zero attached hydrogens (tertiary/aromatic N) is 3. The maximum Gasteiger partial charge on any atom is 0.274 e. The van der Waals surface area contributed by atoms with Crippen molar-refractivity contribution in [2.45, 2.75) is 65.8 Å². The lowest BCUT2D eigenvalue weighted by Crippen LogP contribution is -2.46. The highest BCUT2D eigenvalue weighted by Crippen LogP contribution is 2.29. The van der Waals surface area contributed by atoms with Crippen molar-refractivity contribution in [2.24, 2.45) is 11.8 Å². The van der Waals surface area contributed by atoms with Crippen LogP contribution in [0, 0.1) is 18.8 Å². The van der Waals surface area contributed by atoms with Crippen LogP contribution in [0.3, 0.4) is 0 Å². The topological polar surface area (TPSA) is 67.2 Å². The standard InChI is InChI=1S/C25H34N4O2/c1-16(2)18(4)26-24(30)19-12-14-28(15-13-19)25(31)23-21-6-5-7-22(21)29(27-23)20-10-8-17(3)9-11-20/h8-11,16,18-19H,5-7,12-15H2,1-4H3,(H,26,30). The average Bonchev–Trinajstić information content (AvgIpc) is 3.37. The predicted octanol–water partition coefficient (Wildman–Crippen LogP) is 3.68. The molecule has 1 N–H and O–H groups in total. The average molecular weight is 423 g/mol. The Morgan fingerprint density at radius 1 is 1.06 bits per heavy atom. The van der Waals surface area contributed by atoms with Crippen molar-refractivity contribution in [1.29, 1.82) is 0 Å². The summed E-state index contributed by atoms with van der Waals surface area (Å²) in [7, 11) is 0. The molecule has 1 unspecified atom stereocenters. The third kappa shape index (κ3) is 4.39. The van der Waals surface area contributed by atoms with Crippen LogP contribution >= 0.6 is 0 Å². The van der Waals surface area contributed by atoms with Crippen molar-refractivity contribution in [3.05, 3.63) is 46.8 Å². The highest BCUT2D eigenvalue weighted by atomic mass is 16.2. The van der Waals surface area contributed by atoms with Gasteiger partial charge >= 0.3 is 0 Å². The summed E-state index contributed by atoms with van der Waals surface area (Å²) in [6.45, 7) is 9.56. The van der Waals surface area contributed by atoms with Crippen LogP contribution in [-0.4, -0.2) is 45.6 Å². The molecule has 0 saturated carbocycles. The molecule has 0 spiro atoms. The zero-order valence-electron chi connectivity index (χ0n) is 19.1. The number of nitrogens with one attached hydrogen (secondary N) is 1. The molecule has 2 aliphatic rings. The van der Waals surface area contributed by atoms with Gasteiger partial charge in [-0.2, -0.15) is 5.10 Å². The van der Waals surface area contributed by atoms with Crippen LogP contribution in [0.15, 0.2) is 24.3 Å². The number of benzene rings is 1. The molecule has 1 aromatic carbocycles. The molecule has 6 heteroatoms. The summed E-state index contributed by atoms with van der Waals surface area (Å²) in [4.78, 5) is 27.8. The summed E-state index contributed by atoms with van der Waals surface area (Å²) in [5.74, 6) is 0.536. The largest absolute Gasteiger partial charge is 0.353 e. The van der Waals surface area contributed by atoms with Gasteiger partial charge in [-0.25, -0.2) is 4.68 Å². The molecule has 1 aliphatic heterocycles. The molecule has 2 heterocycles. The number of hydrogen-bond acceptors (Lipinski definition) is 3. The van der Waals surface area contributed by atoms with Gasteiger partial charge in [-0.1, -0.05) is 31.5 Å². The number of piperidine rings is 1. The van der Waals surface area contributed by atoms with E-state index in [1.165, 1.54) is 11.3 Å². The first-order chi connectivity index (χ1) is 14.8. The molecule has 6 nitrogen and oxygen atoms in total. The van der Waals surface area contributed by atoms with Gasteiger partial charge in [0, 0.05) is 36.3 Å². The van der Waals surface area contributed by atoms with Gasteiger partial charge in [0.15, 0.2) is 5.69 Å². The van der Waals surface area contributed by atoms with E-state index in [1.54, 1.807) is 0 Å². The Balaban J connectivity index is 1.46. The predicted molar refractivity (Wildman–Crippen MR) is 121 cm³/mol. The zero-order chi connectivity index (χ0) is 22.1. The molecule has 1 atom stereocenters. The molecule has 0 radical (unpaired) electrons. The minimum absolute atomic E-state index is 0.0124.